The van der Waals surface area contributed by atoms with E-state index in [1.54, 1.807) is 12.2 Å². The molecule has 1 amide bonds. The summed E-state index contributed by atoms with van der Waals surface area (Å²) >= 11 is 0. The Labute approximate surface area is 237 Å². The molecule has 212 valence electrons. The Kier molecular flexibility index (Phi) is 6.92. The summed E-state index contributed by atoms with van der Waals surface area (Å²) in [4.78, 5) is 39.1. The van der Waals surface area contributed by atoms with Gasteiger partial charge >= 0.3 is 0 Å². The quantitative estimate of drug-likeness (QED) is 0.185. The molecule has 0 aliphatic rings. The maximum Gasteiger partial charge on any atom is 0.273 e. The summed E-state index contributed by atoms with van der Waals surface area (Å²) in [5.41, 5.74) is 2.02. The lowest BCUT2D eigenvalue weighted by Gasteiger charge is -2.18. The van der Waals surface area contributed by atoms with Crippen molar-refractivity contribution in [2.24, 2.45) is 5.92 Å². The summed E-state index contributed by atoms with van der Waals surface area (Å²) in [6.45, 7) is 11.1. The van der Waals surface area contributed by atoms with Gasteiger partial charge in [0.1, 0.15) is 49.3 Å². The van der Waals surface area contributed by atoms with Crippen molar-refractivity contribution in [1.29, 1.82) is 0 Å². The van der Waals surface area contributed by atoms with Crippen molar-refractivity contribution in [3.63, 3.8) is 0 Å². The number of oxazole rings is 6. The molecule has 0 spiro atoms. The third kappa shape index (κ3) is 5.20. The van der Waals surface area contributed by atoms with E-state index >= 15 is 0 Å². The van der Waals surface area contributed by atoms with Gasteiger partial charge < -0.3 is 31.8 Å². The van der Waals surface area contributed by atoms with Gasteiger partial charge in [0.25, 0.3) is 5.91 Å². The van der Waals surface area contributed by atoms with Crippen molar-refractivity contribution >= 4 is 12.0 Å². The van der Waals surface area contributed by atoms with Gasteiger partial charge in [-0.05, 0) is 12.0 Å². The monoisotopic (exact) mass is 569 g/mol. The van der Waals surface area contributed by atoms with Gasteiger partial charge in [-0.25, -0.2) is 29.9 Å². The van der Waals surface area contributed by atoms with Crippen LogP contribution in [0.3, 0.4) is 0 Å². The fourth-order valence-corrected chi connectivity index (χ4v) is 3.86. The van der Waals surface area contributed by atoms with Crippen LogP contribution in [0.5, 0.6) is 0 Å². The second-order valence-corrected chi connectivity index (χ2v) is 9.28. The third-order valence-corrected chi connectivity index (χ3v) is 5.96. The first-order chi connectivity index (χ1) is 20.4. The number of allylic oxidation sites excluding steroid dienone is 1. The molecular weight excluding hydrogens is 546 g/mol. The first-order valence-electron chi connectivity index (χ1n) is 12.7. The van der Waals surface area contributed by atoms with Gasteiger partial charge in [0.15, 0.2) is 34.4 Å². The van der Waals surface area contributed by atoms with Gasteiger partial charge in [-0.1, -0.05) is 26.5 Å². The van der Waals surface area contributed by atoms with Crippen LogP contribution >= 0.6 is 0 Å². The molecular formula is C28H23N7O7. The molecule has 0 fully saturated rings. The van der Waals surface area contributed by atoms with Crippen LogP contribution in [-0.4, -0.2) is 35.8 Å². The molecule has 0 saturated carbocycles. The second kappa shape index (κ2) is 11.0. The highest BCUT2D eigenvalue weighted by Gasteiger charge is 2.27. The molecule has 0 saturated heterocycles. The highest BCUT2D eigenvalue weighted by atomic mass is 16.4. The van der Waals surface area contributed by atoms with Gasteiger partial charge in [0.05, 0.1) is 0 Å². The molecule has 6 heterocycles. The number of nitrogens with zero attached hydrogens (tertiary/aromatic N) is 6. The Bertz CT molecular complexity index is 1860. The number of hydrogen-bond acceptors (Lipinski definition) is 13. The van der Waals surface area contributed by atoms with Crippen LogP contribution in [0.15, 0.2) is 83.3 Å². The van der Waals surface area contributed by atoms with Crippen molar-refractivity contribution < 1.29 is 31.3 Å². The van der Waals surface area contributed by atoms with Gasteiger partial charge in [0.2, 0.25) is 29.5 Å². The molecule has 0 aliphatic carbocycles. The van der Waals surface area contributed by atoms with Crippen molar-refractivity contribution in [2.45, 2.75) is 26.3 Å². The number of nitrogens with one attached hydrogen (secondary N) is 1. The minimum Gasteiger partial charge on any atom is -0.448 e. The lowest BCUT2D eigenvalue weighted by molar-refractivity contribution is 0.0911. The van der Waals surface area contributed by atoms with Crippen LogP contribution in [0.1, 0.15) is 47.9 Å². The molecule has 6 rings (SSSR count). The van der Waals surface area contributed by atoms with Crippen LogP contribution in [0.25, 0.3) is 52.4 Å². The highest BCUT2D eigenvalue weighted by Crippen LogP contribution is 2.29. The molecule has 1 N–H and O–H groups in total. The molecule has 1 atom stereocenters. The van der Waals surface area contributed by atoms with Gasteiger partial charge in [-0.2, -0.15) is 0 Å². The normalized spacial score (nSPS) is 12.1. The Morgan fingerprint density at radius 2 is 1.31 bits per heavy atom. The summed E-state index contributed by atoms with van der Waals surface area (Å²) < 4.78 is 32.9. The molecule has 14 nitrogen and oxygen atoms in total. The molecule has 0 radical (unpaired) electrons. The highest BCUT2D eigenvalue weighted by molar-refractivity contribution is 5.92. The topological polar surface area (TPSA) is 185 Å². The smallest absolute Gasteiger partial charge is 0.273 e. The Balaban J connectivity index is 1.15. The van der Waals surface area contributed by atoms with E-state index in [1.165, 1.54) is 37.6 Å². The fourth-order valence-electron chi connectivity index (χ4n) is 3.86. The van der Waals surface area contributed by atoms with E-state index in [2.05, 4.69) is 48.4 Å². The number of carbonyl (C=O) groups is 1. The van der Waals surface area contributed by atoms with E-state index in [4.69, 9.17) is 26.5 Å². The van der Waals surface area contributed by atoms with E-state index in [-0.39, 0.29) is 46.8 Å². The number of aromatic nitrogens is 6. The summed E-state index contributed by atoms with van der Waals surface area (Å²) in [5, 5.41) is 2.89. The average Bonchev–Trinajstić information content (AvgIpc) is 3.83. The maximum absolute atomic E-state index is 13.1. The second-order valence-electron chi connectivity index (χ2n) is 9.28. The van der Waals surface area contributed by atoms with E-state index in [0.717, 1.165) is 0 Å². The molecule has 42 heavy (non-hydrogen) atoms. The predicted octanol–water partition coefficient (Wildman–Crippen LogP) is 5.78. The van der Waals surface area contributed by atoms with Crippen molar-refractivity contribution in [1.82, 2.24) is 35.2 Å². The molecule has 0 bridgehead atoms. The van der Waals surface area contributed by atoms with E-state index in [9.17, 15) is 4.79 Å². The first-order valence-corrected chi connectivity index (χ1v) is 12.7. The van der Waals surface area contributed by atoms with Crippen molar-refractivity contribution in [3.8, 4) is 46.3 Å². The van der Waals surface area contributed by atoms with E-state index in [0.29, 0.717) is 35.1 Å². The molecule has 14 heteroatoms. The van der Waals surface area contributed by atoms with Crippen LogP contribution in [0.2, 0.25) is 0 Å². The summed E-state index contributed by atoms with van der Waals surface area (Å²) in [5.74, 6) is 0.922. The van der Waals surface area contributed by atoms with Crippen molar-refractivity contribution in [2.75, 3.05) is 0 Å². The standard InChI is InChI=1S/C28H23N7O7/c1-5-7-21-30-17(10-37-21)25-33-19(12-40-25)26-31-16(9-39-26)23(36)35-22(14(3)4)28-34-20(13-42-28)27-32-18(11-41-27)24-29-15(6-2)8-38-24/h5-6,8-14,22H,1-2,7H2,3-4H3,(H,35,36)/t22-/m0/s1. The Morgan fingerprint density at radius 1 is 0.738 bits per heavy atom. The minimum atomic E-state index is -0.599. The molecule has 6 aromatic heterocycles. The summed E-state index contributed by atoms with van der Waals surface area (Å²) in [6.07, 6.45) is 12.0. The maximum atomic E-state index is 13.1. The van der Waals surface area contributed by atoms with E-state index in [1.807, 2.05) is 13.8 Å². The molecule has 0 aromatic carbocycles. The molecule has 0 unspecified atom stereocenters. The molecule has 0 aliphatic heterocycles. The number of carbonyl (C=O) groups excluding carboxylic acids is 1. The van der Waals surface area contributed by atoms with Crippen LogP contribution in [-0.2, 0) is 6.42 Å². The Hall–Kier alpha value is -5.79. The van der Waals surface area contributed by atoms with E-state index < -0.39 is 11.9 Å². The lowest BCUT2D eigenvalue weighted by atomic mass is 10.0. The lowest BCUT2D eigenvalue weighted by Crippen LogP contribution is -2.32. The SMILES string of the molecule is C=CCc1nc(-c2nc(-c3nc(C(=O)N[C@H](c4nc(-c5nc(-c6nc(C=C)co6)co5)co4)C(C)C)co3)co2)co1. The van der Waals surface area contributed by atoms with Gasteiger partial charge in [-0.3, -0.25) is 4.79 Å². The fraction of sp³-hybridized carbons (Fsp3) is 0.179. The van der Waals surface area contributed by atoms with Gasteiger partial charge in [-0.15, -0.1) is 6.58 Å². The zero-order valence-electron chi connectivity index (χ0n) is 22.4. The van der Waals surface area contributed by atoms with Crippen molar-refractivity contribution in [3.05, 3.63) is 80.0 Å². The van der Waals surface area contributed by atoms with Crippen LogP contribution < -0.4 is 5.32 Å². The number of hydrogen-bond donors (Lipinski definition) is 1. The van der Waals surface area contributed by atoms with Gasteiger partial charge in [0, 0.05) is 6.42 Å². The molecule has 6 aromatic rings. The zero-order valence-corrected chi connectivity index (χ0v) is 22.4. The first kappa shape index (κ1) is 26.4. The minimum absolute atomic E-state index is 0.0314. The summed E-state index contributed by atoms with van der Waals surface area (Å²) in [7, 11) is 0. The van der Waals surface area contributed by atoms with Crippen LogP contribution in [0, 0.1) is 5.92 Å². The summed E-state index contributed by atoms with van der Waals surface area (Å²) in [6, 6.07) is -0.599. The largest absolute Gasteiger partial charge is 0.448 e. The zero-order chi connectivity index (χ0) is 29.2. The number of rotatable bonds is 11. The average molecular weight is 570 g/mol. The third-order valence-electron chi connectivity index (χ3n) is 5.96. The number of amides is 1. The van der Waals surface area contributed by atoms with Crippen LogP contribution in [0.4, 0.5) is 0 Å². The predicted molar refractivity (Wildman–Crippen MR) is 144 cm³/mol. The Morgan fingerprint density at radius 3 is 1.98 bits per heavy atom.